The Kier molecular flexibility index (Phi) is 3.85. The van der Waals surface area contributed by atoms with Crippen LogP contribution in [0.3, 0.4) is 0 Å². The van der Waals surface area contributed by atoms with E-state index in [9.17, 15) is 8.42 Å². The van der Waals surface area contributed by atoms with Gasteiger partial charge in [-0.3, -0.25) is 4.72 Å². The van der Waals surface area contributed by atoms with Crippen LogP contribution in [0.5, 0.6) is 0 Å². The van der Waals surface area contributed by atoms with Crippen molar-refractivity contribution in [3.05, 3.63) is 53.7 Å². The maximum absolute atomic E-state index is 12.2. The predicted molar refractivity (Wildman–Crippen MR) is 75.6 cm³/mol. The fraction of sp³-hybridized carbons (Fsp3) is 0.214. The fourth-order valence-corrected chi connectivity index (χ4v) is 2.83. The van der Waals surface area contributed by atoms with Crippen molar-refractivity contribution >= 4 is 15.8 Å². The lowest BCUT2D eigenvalue weighted by Crippen LogP contribution is -2.14. The number of aryl methyl sites for hydroxylation is 2. The van der Waals surface area contributed by atoms with Gasteiger partial charge < -0.3 is 0 Å². The van der Waals surface area contributed by atoms with Gasteiger partial charge >= 0.3 is 0 Å². The number of sulfonamides is 1. The first kappa shape index (κ1) is 13.5. The van der Waals surface area contributed by atoms with Crippen LogP contribution in [0, 0.1) is 6.92 Å². The van der Waals surface area contributed by atoms with Gasteiger partial charge in [0.05, 0.1) is 4.90 Å². The largest absolute Gasteiger partial charge is 0.263 e. The Morgan fingerprint density at radius 3 is 2.68 bits per heavy atom. The molecule has 0 aliphatic heterocycles. The van der Waals surface area contributed by atoms with Crippen LogP contribution >= 0.6 is 0 Å². The first-order valence-electron chi connectivity index (χ1n) is 6.05. The van der Waals surface area contributed by atoms with Crippen molar-refractivity contribution in [3.63, 3.8) is 0 Å². The molecule has 1 heterocycles. The number of benzene rings is 1. The van der Waals surface area contributed by atoms with Crippen molar-refractivity contribution in [3.8, 4) is 0 Å². The second-order valence-corrected chi connectivity index (χ2v) is 6.01. The third-order valence-corrected chi connectivity index (χ3v) is 4.12. The minimum atomic E-state index is -3.57. The zero-order valence-electron chi connectivity index (χ0n) is 10.9. The summed E-state index contributed by atoms with van der Waals surface area (Å²) in [5.74, 6) is 0.348. The van der Waals surface area contributed by atoms with Crippen molar-refractivity contribution in [2.45, 2.75) is 25.2 Å². The van der Waals surface area contributed by atoms with Gasteiger partial charge in [-0.1, -0.05) is 19.1 Å². The Labute approximate surface area is 113 Å². The van der Waals surface area contributed by atoms with Gasteiger partial charge in [0.15, 0.2) is 0 Å². The Bertz CT molecular complexity index is 681. The molecule has 19 heavy (non-hydrogen) atoms. The van der Waals surface area contributed by atoms with Crippen LogP contribution in [-0.4, -0.2) is 13.4 Å². The summed E-state index contributed by atoms with van der Waals surface area (Å²) in [5.41, 5.74) is 1.94. The summed E-state index contributed by atoms with van der Waals surface area (Å²) < 4.78 is 26.9. The van der Waals surface area contributed by atoms with E-state index in [2.05, 4.69) is 9.71 Å². The number of hydrogen-bond acceptors (Lipinski definition) is 3. The van der Waals surface area contributed by atoms with Crippen LogP contribution in [0.1, 0.15) is 18.1 Å². The van der Waals surface area contributed by atoms with E-state index >= 15 is 0 Å². The molecule has 0 radical (unpaired) electrons. The number of nitrogens with zero attached hydrogens (tertiary/aromatic N) is 1. The van der Waals surface area contributed by atoms with E-state index in [1.54, 1.807) is 30.5 Å². The average Bonchev–Trinajstić information content (AvgIpc) is 2.38. The molecule has 5 heteroatoms. The van der Waals surface area contributed by atoms with Gasteiger partial charge in [-0.2, -0.15) is 0 Å². The number of aromatic nitrogens is 1. The van der Waals surface area contributed by atoms with Crippen molar-refractivity contribution in [2.75, 3.05) is 4.72 Å². The fourth-order valence-electron chi connectivity index (χ4n) is 1.73. The summed E-state index contributed by atoms with van der Waals surface area (Å²) in [5, 5.41) is 0. The minimum absolute atomic E-state index is 0.246. The molecule has 0 spiro atoms. The topological polar surface area (TPSA) is 59.1 Å². The molecule has 1 aromatic heterocycles. The van der Waals surface area contributed by atoms with Crippen LogP contribution in [0.15, 0.2) is 47.5 Å². The smallest absolute Gasteiger partial charge is 0.263 e. The Morgan fingerprint density at radius 2 is 2.00 bits per heavy atom. The molecule has 1 N–H and O–H groups in total. The zero-order chi connectivity index (χ0) is 13.9. The molecular weight excluding hydrogens is 260 g/mol. The number of rotatable bonds is 4. The Morgan fingerprint density at radius 1 is 1.21 bits per heavy atom. The maximum Gasteiger partial charge on any atom is 0.263 e. The molecule has 100 valence electrons. The lowest BCUT2D eigenvalue weighted by molar-refractivity contribution is 0.601. The van der Waals surface area contributed by atoms with Gasteiger partial charge in [0.25, 0.3) is 10.0 Å². The van der Waals surface area contributed by atoms with Crippen LogP contribution in [0.2, 0.25) is 0 Å². The van der Waals surface area contributed by atoms with E-state index in [0.29, 0.717) is 5.82 Å². The molecule has 0 atom stereocenters. The number of pyridine rings is 1. The third-order valence-electron chi connectivity index (χ3n) is 2.77. The highest BCUT2D eigenvalue weighted by molar-refractivity contribution is 7.92. The molecule has 0 aliphatic rings. The molecule has 2 aromatic rings. The molecule has 0 unspecified atom stereocenters. The highest BCUT2D eigenvalue weighted by atomic mass is 32.2. The molecule has 0 bridgehead atoms. The minimum Gasteiger partial charge on any atom is -0.263 e. The monoisotopic (exact) mass is 276 g/mol. The summed E-state index contributed by atoms with van der Waals surface area (Å²) in [7, 11) is -3.57. The Balaban J connectivity index is 2.31. The first-order chi connectivity index (χ1) is 9.01. The van der Waals surface area contributed by atoms with E-state index in [-0.39, 0.29) is 4.90 Å². The quantitative estimate of drug-likeness (QED) is 0.934. The molecule has 2 rings (SSSR count). The second kappa shape index (κ2) is 5.40. The van der Waals surface area contributed by atoms with Crippen molar-refractivity contribution in [2.24, 2.45) is 0 Å². The molecule has 0 saturated carbocycles. The molecule has 0 amide bonds. The van der Waals surface area contributed by atoms with Crippen molar-refractivity contribution < 1.29 is 8.42 Å². The molecule has 0 fully saturated rings. The van der Waals surface area contributed by atoms with Crippen LogP contribution < -0.4 is 4.72 Å². The molecule has 4 nitrogen and oxygen atoms in total. The maximum atomic E-state index is 12.2. The Hall–Kier alpha value is -1.88. The third kappa shape index (κ3) is 3.32. The van der Waals surface area contributed by atoms with Crippen LogP contribution in [0.4, 0.5) is 5.82 Å². The second-order valence-electron chi connectivity index (χ2n) is 4.32. The molecular formula is C14H16N2O2S. The summed E-state index contributed by atoms with van der Waals surface area (Å²) in [6, 6.07) is 10.4. The highest BCUT2D eigenvalue weighted by Crippen LogP contribution is 2.16. The van der Waals surface area contributed by atoms with Crippen molar-refractivity contribution in [1.29, 1.82) is 0 Å². The van der Waals surface area contributed by atoms with Crippen LogP contribution in [0.25, 0.3) is 0 Å². The summed E-state index contributed by atoms with van der Waals surface area (Å²) in [6.07, 6.45) is 2.44. The van der Waals surface area contributed by atoms with Gasteiger partial charge in [-0.05, 0) is 48.7 Å². The van der Waals surface area contributed by atoms with Crippen LogP contribution in [-0.2, 0) is 16.4 Å². The van der Waals surface area contributed by atoms with Gasteiger partial charge in [0.2, 0.25) is 0 Å². The van der Waals surface area contributed by atoms with E-state index in [1.807, 2.05) is 26.0 Å². The molecule has 0 saturated heterocycles. The van der Waals surface area contributed by atoms with E-state index in [0.717, 1.165) is 17.5 Å². The summed E-state index contributed by atoms with van der Waals surface area (Å²) in [4.78, 5) is 4.28. The molecule has 1 aromatic carbocycles. The van der Waals surface area contributed by atoms with Crippen molar-refractivity contribution in [1.82, 2.24) is 4.98 Å². The number of hydrogen-bond donors (Lipinski definition) is 1. The summed E-state index contributed by atoms with van der Waals surface area (Å²) in [6.45, 7) is 3.86. The predicted octanol–water partition coefficient (Wildman–Crippen LogP) is 2.75. The SMILES string of the molecule is CCc1ccnc(NS(=O)(=O)c2cccc(C)c2)c1. The lowest BCUT2D eigenvalue weighted by atomic mass is 10.2. The van der Waals surface area contributed by atoms with Gasteiger partial charge in [-0.15, -0.1) is 0 Å². The van der Waals surface area contributed by atoms with E-state index < -0.39 is 10.0 Å². The van der Waals surface area contributed by atoms with E-state index in [4.69, 9.17) is 0 Å². The lowest BCUT2D eigenvalue weighted by Gasteiger charge is -2.08. The molecule has 0 aliphatic carbocycles. The first-order valence-corrected chi connectivity index (χ1v) is 7.54. The van der Waals surface area contributed by atoms with E-state index in [1.165, 1.54) is 0 Å². The highest BCUT2D eigenvalue weighted by Gasteiger charge is 2.14. The van der Waals surface area contributed by atoms with Gasteiger partial charge in [-0.25, -0.2) is 13.4 Å². The number of anilines is 1. The standard InChI is InChI=1S/C14H16N2O2S/c1-3-12-7-8-15-14(10-12)16-19(17,18)13-6-4-5-11(2)9-13/h4-10H,3H2,1-2H3,(H,15,16). The average molecular weight is 276 g/mol. The van der Waals surface area contributed by atoms with Gasteiger partial charge in [0.1, 0.15) is 5.82 Å². The van der Waals surface area contributed by atoms with Gasteiger partial charge in [0, 0.05) is 6.20 Å². The summed E-state index contributed by atoms with van der Waals surface area (Å²) >= 11 is 0. The normalized spacial score (nSPS) is 11.3. The zero-order valence-corrected chi connectivity index (χ0v) is 11.7. The number of nitrogens with one attached hydrogen (secondary N) is 1.